The van der Waals surface area contributed by atoms with Crippen LogP contribution in [-0.2, 0) is 4.79 Å². The quantitative estimate of drug-likeness (QED) is 0.252. The van der Waals surface area contributed by atoms with E-state index >= 15 is 0 Å². The molecule has 0 bridgehead atoms. The third kappa shape index (κ3) is 13.1. The number of halogens is 3. The average molecular weight is 559 g/mol. The highest BCUT2D eigenvalue weighted by Crippen LogP contribution is 2.29. The molecule has 1 amide bonds. The first kappa shape index (κ1) is 34.7. The summed E-state index contributed by atoms with van der Waals surface area (Å²) in [5, 5.41) is 2.61. The van der Waals surface area contributed by atoms with E-state index in [0.717, 1.165) is 46.0 Å². The highest BCUT2D eigenvalue weighted by Gasteiger charge is 2.31. The van der Waals surface area contributed by atoms with Gasteiger partial charge < -0.3 is 10.1 Å². The molecule has 3 aromatic rings. The monoisotopic (exact) mass is 558 g/mol. The number of amides is 1. The Hall–Kier alpha value is -3.35. The van der Waals surface area contributed by atoms with Crippen molar-refractivity contribution in [1.29, 1.82) is 0 Å². The molecule has 1 heterocycles. The van der Waals surface area contributed by atoms with Crippen LogP contribution in [0.15, 0.2) is 60.8 Å². The van der Waals surface area contributed by atoms with Crippen LogP contribution < -0.4 is 10.1 Å². The Labute approximate surface area is 238 Å². The van der Waals surface area contributed by atoms with Gasteiger partial charge in [-0.15, -0.1) is 13.2 Å². The Balaban J connectivity index is 0.000000365. The number of benzene rings is 2. The predicted molar refractivity (Wildman–Crippen MR) is 160 cm³/mol. The molecule has 0 aliphatic heterocycles. The van der Waals surface area contributed by atoms with E-state index in [1.165, 1.54) is 37.8 Å². The fraction of sp³-hybridized carbons (Fsp3) is 0.455. The SMILES string of the molecule is CCC.CCC(CCCC(C)C)c1ccc(NC=O)cn1.Cc1cccc(-c2ccc(OC(F)(F)F)cc2)c1C. The molecule has 2 aromatic carbocycles. The first-order valence-electron chi connectivity index (χ1n) is 14.0. The zero-order valence-electron chi connectivity index (χ0n) is 24.9. The highest BCUT2D eigenvalue weighted by molar-refractivity contribution is 5.70. The van der Waals surface area contributed by atoms with E-state index in [0.29, 0.717) is 12.3 Å². The molecule has 0 fully saturated rings. The van der Waals surface area contributed by atoms with E-state index in [1.54, 1.807) is 18.3 Å². The molecule has 220 valence electrons. The maximum absolute atomic E-state index is 12.1. The number of carbonyl (C=O) groups excluding carboxylic acids is 1. The molecule has 40 heavy (non-hydrogen) atoms. The van der Waals surface area contributed by atoms with Gasteiger partial charge in [-0.25, -0.2) is 0 Å². The largest absolute Gasteiger partial charge is 0.573 e. The molecule has 1 atom stereocenters. The van der Waals surface area contributed by atoms with Crippen molar-refractivity contribution in [2.45, 2.75) is 92.9 Å². The lowest BCUT2D eigenvalue weighted by Crippen LogP contribution is -2.16. The van der Waals surface area contributed by atoms with E-state index in [4.69, 9.17) is 0 Å². The number of alkyl halides is 3. The van der Waals surface area contributed by atoms with Crippen molar-refractivity contribution in [2.75, 3.05) is 5.32 Å². The zero-order valence-corrected chi connectivity index (χ0v) is 24.9. The summed E-state index contributed by atoms with van der Waals surface area (Å²) >= 11 is 0. The second-order valence-corrected chi connectivity index (χ2v) is 10.2. The van der Waals surface area contributed by atoms with E-state index < -0.39 is 6.36 Å². The minimum atomic E-state index is -4.65. The molecule has 7 heteroatoms. The number of anilines is 1. The van der Waals surface area contributed by atoms with Crippen LogP contribution in [0.2, 0.25) is 0 Å². The molecule has 0 saturated carbocycles. The third-order valence-electron chi connectivity index (χ3n) is 6.26. The number of aryl methyl sites for hydroxylation is 1. The molecule has 0 saturated heterocycles. The summed E-state index contributed by atoms with van der Waals surface area (Å²) in [6.45, 7) is 15.0. The number of hydrogen-bond donors (Lipinski definition) is 1. The van der Waals surface area contributed by atoms with Crippen molar-refractivity contribution in [1.82, 2.24) is 4.98 Å². The number of carbonyl (C=O) groups is 1. The second kappa shape index (κ2) is 18.1. The van der Waals surface area contributed by atoms with Crippen molar-refractivity contribution in [2.24, 2.45) is 5.92 Å². The maximum atomic E-state index is 12.1. The Bertz CT molecular complexity index is 1110. The number of aromatic nitrogens is 1. The van der Waals surface area contributed by atoms with Gasteiger partial charge in [0, 0.05) is 11.6 Å². The number of ether oxygens (including phenoxy) is 1. The Kier molecular flexibility index (Phi) is 15.7. The summed E-state index contributed by atoms with van der Waals surface area (Å²) in [6.07, 6.45) is 3.85. The summed E-state index contributed by atoms with van der Waals surface area (Å²) in [4.78, 5) is 14.8. The summed E-state index contributed by atoms with van der Waals surface area (Å²) in [7, 11) is 0. The number of rotatable bonds is 10. The minimum Gasteiger partial charge on any atom is -0.406 e. The normalized spacial score (nSPS) is 11.5. The topological polar surface area (TPSA) is 51.2 Å². The number of nitrogens with one attached hydrogen (secondary N) is 1. The average Bonchev–Trinajstić information content (AvgIpc) is 2.89. The van der Waals surface area contributed by atoms with Gasteiger partial charge in [-0.05, 0) is 79.1 Å². The van der Waals surface area contributed by atoms with Gasteiger partial charge in [-0.3, -0.25) is 9.78 Å². The van der Waals surface area contributed by atoms with Crippen LogP contribution in [0.3, 0.4) is 0 Å². The fourth-order valence-corrected chi connectivity index (χ4v) is 4.03. The molecule has 0 radical (unpaired) electrons. The van der Waals surface area contributed by atoms with Crippen molar-refractivity contribution in [3.8, 4) is 16.9 Å². The van der Waals surface area contributed by atoms with Gasteiger partial charge in [0.1, 0.15) is 5.75 Å². The van der Waals surface area contributed by atoms with Gasteiger partial charge >= 0.3 is 6.36 Å². The fourth-order valence-electron chi connectivity index (χ4n) is 4.03. The molecular formula is C33H45F3N2O2. The van der Waals surface area contributed by atoms with E-state index in [-0.39, 0.29) is 5.75 Å². The molecule has 1 unspecified atom stereocenters. The van der Waals surface area contributed by atoms with Crippen LogP contribution in [0.4, 0.5) is 18.9 Å². The standard InChI is InChI=1S/C15H13F3O.C15H24N2O.C3H8/c1-10-4-3-5-14(11(10)2)12-6-8-13(9-7-12)19-15(16,17)18;1-4-13(7-5-6-12(2)3)15-9-8-14(10-16-15)17-11-18;1-3-2/h3-9H,1-2H3;8-13H,4-7H2,1-3H3,(H,17,18);3H2,1-2H3. The first-order valence-corrected chi connectivity index (χ1v) is 14.0. The number of pyridine rings is 1. The number of hydrogen-bond acceptors (Lipinski definition) is 3. The Morgan fingerprint density at radius 1 is 0.950 bits per heavy atom. The highest BCUT2D eigenvalue weighted by atomic mass is 19.4. The molecular weight excluding hydrogens is 513 g/mol. The molecule has 1 aromatic heterocycles. The minimum absolute atomic E-state index is 0.207. The van der Waals surface area contributed by atoms with Gasteiger partial charge in [0.05, 0.1) is 11.9 Å². The van der Waals surface area contributed by atoms with Crippen LogP contribution in [0.1, 0.15) is 89.5 Å². The molecule has 1 N–H and O–H groups in total. The van der Waals surface area contributed by atoms with Crippen LogP contribution >= 0.6 is 0 Å². The van der Waals surface area contributed by atoms with Gasteiger partial charge in [0.25, 0.3) is 0 Å². The summed E-state index contributed by atoms with van der Waals surface area (Å²) in [5.74, 6) is 1.10. The van der Waals surface area contributed by atoms with E-state index in [2.05, 4.69) is 49.7 Å². The molecule has 0 spiro atoms. The van der Waals surface area contributed by atoms with Gasteiger partial charge in [-0.2, -0.15) is 0 Å². The summed E-state index contributed by atoms with van der Waals surface area (Å²) in [5.41, 5.74) is 6.04. The Morgan fingerprint density at radius 3 is 2.10 bits per heavy atom. The summed E-state index contributed by atoms with van der Waals surface area (Å²) in [6, 6.07) is 15.7. The van der Waals surface area contributed by atoms with Crippen molar-refractivity contribution >= 4 is 12.1 Å². The van der Waals surface area contributed by atoms with Crippen molar-refractivity contribution in [3.63, 3.8) is 0 Å². The van der Waals surface area contributed by atoms with E-state index in [1.807, 2.05) is 44.2 Å². The lowest BCUT2D eigenvalue weighted by Gasteiger charge is -2.15. The molecule has 0 aliphatic rings. The zero-order chi connectivity index (χ0) is 30.1. The smallest absolute Gasteiger partial charge is 0.406 e. The lowest BCUT2D eigenvalue weighted by molar-refractivity contribution is -0.274. The molecule has 3 rings (SSSR count). The van der Waals surface area contributed by atoms with Gasteiger partial charge in [0.15, 0.2) is 0 Å². The number of nitrogens with zero attached hydrogens (tertiary/aromatic N) is 1. The Morgan fingerprint density at radius 2 is 1.60 bits per heavy atom. The van der Waals surface area contributed by atoms with Crippen LogP contribution in [0.25, 0.3) is 11.1 Å². The molecule has 0 aliphatic carbocycles. The maximum Gasteiger partial charge on any atom is 0.573 e. The van der Waals surface area contributed by atoms with Crippen LogP contribution in [0, 0.1) is 19.8 Å². The van der Waals surface area contributed by atoms with Crippen LogP contribution in [-0.4, -0.2) is 17.8 Å². The van der Waals surface area contributed by atoms with Crippen LogP contribution in [0.5, 0.6) is 5.75 Å². The predicted octanol–water partition coefficient (Wildman–Crippen LogP) is 10.3. The van der Waals surface area contributed by atoms with Gasteiger partial charge in [0.2, 0.25) is 6.41 Å². The third-order valence-corrected chi connectivity index (χ3v) is 6.26. The van der Waals surface area contributed by atoms with Crippen molar-refractivity contribution in [3.05, 3.63) is 77.6 Å². The van der Waals surface area contributed by atoms with Gasteiger partial charge in [-0.1, -0.05) is 84.2 Å². The lowest BCUT2D eigenvalue weighted by atomic mass is 9.93. The summed E-state index contributed by atoms with van der Waals surface area (Å²) < 4.78 is 40.0. The van der Waals surface area contributed by atoms with E-state index in [9.17, 15) is 18.0 Å². The first-order chi connectivity index (χ1) is 18.9. The second-order valence-electron chi connectivity index (χ2n) is 10.2. The molecule has 4 nitrogen and oxygen atoms in total. The van der Waals surface area contributed by atoms with Crippen molar-refractivity contribution < 1.29 is 22.7 Å².